The van der Waals surface area contributed by atoms with Crippen molar-refractivity contribution in [2.24, 2.45) is 0 Å². The van der Waals surface area contributed by atoms with Crippen LogP contribution < -0.4 is 0 Å². The second-order valence-electron chi connectivity index (χ2n) is 3.53. The van der Waals surface area contributed by atoms with Gasteiger partial charge in [0.25, 0.3) is 0 Å². The normalized spacial score (nSPS) is 10.5. The molecule has 1 aromatic carbocycles. The Morgan fingerprint density at radius 2 is 1.77 bits per heavy atom. The molecule has 70 valence electrons. The van der Waals surface area contributed by atoms with Gasteiger partial charge in [0.15, 0.2) is 5.78 Å². The number of rotatable bonds is 3. The Labute approximate surface area is 79.2 Å². The van der Waals surface area contributed by atoms with E-state index in [0.29, 0.717) is 6.54 Å². The molecule has 2 nitrogen and oxygen atoms in total. The summed E-state index contributed by atoms with van der Waals surface area (Å²) in [5, 5.41) is 0. The summed E-state index contributed by atoms with van der Waals surface area (Å²) in [7, 11) is 3.79. The minimum Gasteiger partial charge on any atom is -0.302 e. The van der Waals surface area contributed by atoms with E-state index in [0.717, 1.165) is 5.56 Å². The van der Waals surface area contributed by atoms with Gasteiger partial charge in [-0.3, -0.25) is 4.79 Å². The summed E-state index contributed by atoms with van der Waals surface area (Å²) in [6.45, 7) is 2.49. The summed E-state index contributed by atoms with van der Waals surface area (Å²) in [6, 6.07) is 7.67. The fraction of sp³-hybridized carbons (Fsp3) is 0.364. The molecule has 0 saturated carbocycles. The summed E-state index contributed by atoms with van der Waals surface area (Å²) in [5.41, 5.74) is 1.97. The lowest BCUT2D eigenvalue weighted by molar-refractivity contribution is 0.0958. The molecule has 0 atom stereocenters. The van der Waals surface area contributed by atoms with Crippen molar-refractivity contribution in [2.45, 2.75) is 6.92 Å². The zero-order valence-corrected chi connectivity index (χ0v) is 8.37. The smallest absolute Gasteiger partial charge is 0.176 e. The molecule has 0 aromatic heterocycles. The molecule has 0 amide bonds. The molecule has 0 spiro atoms. The van der Waals surface area contributed by atoms with Gasteiger partial charge in [-0.05, 0) is 21.0 Å². The largest absolute Gasteiger partial charge is 0.302 e. The molecular formula is C11H15NO. The predicted octanol–water partition coefficient (Wildman–Crippen LogP) is 1.74. The maximum absolute atomic E-state index is 11.5. The Bertz CT molecular complexity index is 287. The molecule has 0 N–H and O–H groups in total. The summed E-state index contributed by atoms with van der Waals surface area (Å²) in [4.78, 5) is 13.4. The highest BCUT2D eigenvalue weighted by Crippen LogP contribution is 2.04. The van der Waals surface area contributed by atoms with Gasteiger partial charge in [0, 0.05) is 5.56 Å². The zero-order chi connectivity index (χ0) is 9.84. The van der Waals surface area contributed by atoms with Gasteiger partial charge in [0.2, 0.25) is 0 Å². The molecule has 0 saturated heterocycles. The molecule has 0 heterocycles. The number of Topliss-reactive ketones (excluding diaryl/α,β-unsaturated/α-hetero) is 1. The lowest BCUT2D eigenvalue weighted by atomic mass is 10.1. The van der Waals surface area contributed by atoms with E-state index in [1.807, 2.05) is 50.2 Å². The van der Waals surface area contributed by atoms with Crippen LogP contribution in [0.25, 0.3) is 0 Å². The van der Waals surface area contributed by atoms with Crippen LogP contribution in [0.5, 0.6) is 0 Å². The van der Waals surface area contributed by atoms with Gasteiger partial charge >= 0.3 is 0 Å². The fourth-order valence-electron chi connectivity index (χ4n) is 1.12. The topological polar surface area (TPSA) is 20.3 Å². The van der Waals surface area contributed by atoms with E-state index in [1.165, 1.54) is 5.56 Å². The summed E-state index contributed by atoms with van der Waals surface area (Å²) < 4.78 is 0. The first-order chi connectivity index (χ1) is 6.09. The molecule has 13 heavy (non-hydrogen) atoms. The number of carbonyl (C=O) groups excluding carboxylic acids is 1. The average Bonchev–Trinajstić information content (AvgIpc) is 2.04. The molecule has 2 heteroatoms. The van der Waals surface area contributed by atoms with Gasteiger partial charge in [0.1, 0.15) is 0 Å². The highest BCUT2D eigenvalue weighted by Gasteiger charge is 2.05. The molecule has 0 bridgehead atoms. The van der Waals surface area contributed by atoms with Crippen molar-refractivity contribution in [1.29, 1.82) is 0 Å². The Balaban J connectivity index is 2.72. The van der Waals surface area contributed by atoms with E-state index in [1.54, 1.807) is 0 Å². The SMILES string of the molecule is Cc1ccc(C(=O)CN(C)C)cc1. The molecule has 0 radical (unpaired) electrons. The van der Waals surface area contributed by atoms with Gasteiger partial charge in [-0.1, -0.05) is 29.8 Å². The van der Waals surface area contributed by atoms with Crippen molar-refractivity contribution in [3.63, 3.8) is 0 Å². The first kappa shape index (κ1) is 9.93. The van der Waals surface area contributed by atoms with E-state index < -0.39 is 0 Å². The van der Waals surface area contributed by atoms with Crippen molar-refractivity contribution < 1.29 is 4.79 Å². The van der Waals surface area contributed by atoms with Gasteiger partial charge < -0.3 is 4.90 Å². The van der Waals surface area contributed by atoms with E-state index in [2.05, 4.69) is 0 Å². The minimum absolute atomic E-state index is 0.171. The molecule has 0 fully saturated rings. The lowest BCUT2D eigenvalue weighted by Crippen LogP contribution is -2.21. The van der Waals surface area contributed by atoms with Gasteiger partial charge in [-0.15, -0.1) is 0 Å². The number of hydrogen-bond acceptors (Lipinski definition) is 2. The Hall–Kier alpha value is -1.15. The maximum Gasteiger partial charge on any atom is 0.176 e. The molecule has 0 aliphatic carbocycles. The second-order valence-corrected chi connectivity index (χ2v) is 3.53. The molecule has 0 aliphatic rings. The monoisotopic (exact) mass is 177 g/mol. The zero-order valence-electron chi connectivity index (χ0n) is 8.37. The van der Waals surface area contributed by atoms with Gasteiger partial charge in [-0.2, -0.15) is 0 Å². The first-order valence-corrected chi connectivity index (χ1v) is 4.34. The Kier molecular flexibility index (Phi) is 3.20. The van der Waals surface area contributed by atoms with Crippen molar-refractivity contribution >= 4 is 5.78 Å². The Morgan fingerprint density at radius 3 is 2.23 bits per heavy atom. The third-order valence-corrected chi connectivity index (χ3v) is 1.83. The van der Waals surface area contributed by atoms with E-state index >= 15 is 0 Å². The van der Waals surface area contributed by atoms with Crippen LogP contribution >= 0.6 is 0 Å². The molecule has 1 rings (SSSR count). The predicted molar refractivity (Wildman–Crippen MR) is 54.1 cm³/mol. The van der Waals surface area contributed by atoms with Crippen LogP contribution in [-0.4, -0.2) is 31.3 Å². The lowest BCUT2D eigenvalue weighted by Gasteiger charge is -2.07. The number of aryl methyl sites for hydroxylation is 1. The van der Waals surface area contributed by atoms with Crippen LogP contribution in [-0.2, 0) is 0 Å². The number of ketones is 1. The average molecular weight is 177 g/mol. The van der Waals surface area contributed by atoms with Crippen molar-refractivity contribution in [1.82, 2.24) is 4.90 Å². The van der Waals surface area contributed by atoms with E-state index in [-0.39, 0.29) is 5.78 Å². The third kappa shape index (κ3) is 2.99. The number of carbonyl (C=O) groups is 1. The number of hydrogen-bond donors (Lipinski definition) is 0. The van der Waals surface area contributed by atoms with E-state index in [9.17, 15) is 4.79 Å². The molecule has 0 unspecified atom stereocenters. The Morgan fingerprint density at radius 1 is 1.23 bits per heavy atom. The first-order valence-electron chi connectivity index (χ1n) is 4.34. The van der Waals surface area contributed by atoms with Gasteiger partial charge in [0.05, 0.1) is 6.54 Å². The van der Waals surface area contributed by atoms with Crippen LogP contribution in [0, 0.1) is 6.92 Å². The third-order valence-electron chi connectivity index (χ3n) is 1.83. The van der Waals surface area contributed by atoms with Crippen molar-refractivity contribution in [2.75, 3.05) is 20.6 Å². The minimum atomic E-state index is 0.171. The molecule has 0 aliphatic heterocycles. The highest BCUT2D eigenvalue weighted by molar-refractivity contribution is 5.97. The van der Waals surface area contributed by atoms with Gasteiger partial charge in [-0.25, -0.2) is 0 Å². The highest BCUT2D eigenvalue weighted by atomic mass is 16.1. The maximum atomic E-state index is 11.5. The van der Waals surface area contributed by atoms with Crippen LogP contribution in [0.3, 0.4) is 0 Å². The standard InChI is InChI=1S/C11H15NO/c1-9-4-6-10(7-5-9)11(13)8-12(2)3/h4-7H,8H2,1-3H3. The molecule has 1 aromatic rings. The van der Waals surface area contributed by atoms with Crippen LogP contribution in [0.2, 0.25) is 0 Å². The second kappa shape index (κ2) is 4.19. The summed E-state index contributed by atoms with van der Waals surface area (Å²) in [5.74, 6) is 0.171. The number of nitrogens with zero attached hydrogens (tertiary/aromatic N) is 1. The summed E-state index contributed by atoms with van der Waals surface area (Å²) in [6.07, 6.45) is 0. The van der Waals surface area contributed by atoms with Crippen LogP contribution in [0.15, 0.2) is 24.3 Å². The van der Waals surface area contributed by atoms with Crippen LogP contribution in [0.1, 0.15) is 15.9 Å². The van der Waals surface area contributed by atoms with Crippen LogP contribution in [0.4, 0.5) is 0 Å². The molecular weight excluding hydrogens is 162 g/mol. The fourth-order valence-corrected chi connectivity index (χ4v) is 1.12. The number of benzene rings is 1. The van der Waals surface area contributed by atoms with Crippen molar-refractivity contribution in [3.8, 4) is 0 Å². The quantitative estimate of drug-likeness (QED) is 0.655. The summed E-state index contributed by atoms with van der Waals surface area (Å²) >= 11 is 0. The van der Waals surface area contributed by atoms with E-state index in [4.69, 9.17) is 0 Å². The number of likely N-dealkylation sites (N-methyl/N-ethyl adjacent to an activating group) is 1. The van der Waals surface area contributed by atoms with Crippen molar-refractivity contribution in [3.05, 3.63) is 35.4 Å².